The Morgan fingerprint density at radius 1 is 1.10 bits per heavy atom. The topological polar surface area (TPSA) is 75.3 Å². The molecule has 7 heteroatoms. The van der Waals surface area contributed by atoms with Crippen molar-refractivity contribution in [3.63, 3.8) is 0 Å². The molecule has 0 aromatic heterocycles. The summed E-state index contributed by atoms with van der Waals surface area (Å²) in [7, 11) is -3.77. The maximum Gasteiger partial charge on any atom is 0.263 e. The number of hydrogen-bond donors (Lipinski definition) is 2. The third-order valence-electron chi connectivity index (χ3n) is 3.19. The third-order valence-corrected chi connectivity index (χ3v) is 5.57. The van der Waals surface area contributed by atoms with E-state index in [-0.39, 0.29) is 10.8 Å². The Balaban J connectivity index is 2.04. The minimum atomic E-state index is -3.77. The summed E-state index contributed by atoms with van der Waals surface area (Å²) in [5.41, 5.74) is 1.46. The Hall–Kier alpha value is -1.86. The average molecular weight is 367 g/mol. The molecule has 1 amide bonds. The molecule has 0 saturated heterocycles. The highest BCUT2D eigenvalue weighted by molar-refractivity contribution is 9.10. The predicted molar refractivity (Wildman–Crippen MR) is 82.6 cm³/mol. The highest BCUT2D eigenvalue weighted by Gasteiger charge is 2.25. The number of carbonyl (C=O) groups is 1. The summed E-state index contributed by atoms with van der Waals surface area (Å²) in [5.74, 6) is -0.268. The van der Waals surface area contributed by atoms with Gasteiger partial charge in [-0.05, 0) is 39.7 Å². The molecule has 0 spiro atoms. The van der Waals surface area contributed by atoms with Crippen LogP contribution in [0.25, 0.3) is 0 Å². The number of nitrogens with one attached hydrogen (secondary N) is 2. The standard InChI is InChI=1S/C14H11BrN2O3S/c15-10-5-1-2-7-12(10)21(19,20)17-11-6-3-4-9-8-16-14(18)13(9)11/h1-7,17H,8H2,(H,16,18). The lowest BCUT2D eigenvalue weighted by atomic mass is 10.1. The van der Waals surface area contributed by atoms with Crippen molar-refractivity contribution >= 4 is 37.5 Å². The van der Waals surface area contributed by atoms with Gasteiger partial charge in [0, 0.05) is 11.0 Å². The number of sulfonamides is 1. The van der Waals surface area contributed by atoms with E-state index in [9.17, 15) is 13.2 Å². The van der Waals surface area contributed by atoms with Crippen molar-refractivity contribution in [1.29, 1.82) is 0 Å². The Morgan fingerprint density at radius 2 is 1.86 bits per heavy atom. The number of halogens is 1. The molecular weight excluding hydrogens is 356 g/mol. The second kappa shape index (κ2) is 5.16. The molecular formula is C14H11BrN2O3S. The van der Waals surface area contributed by atoms with Gasteiger partial charge in [-0.25, -0.2) is 8.42 Å². The maximum absolute atomic E-state index is 12.5. The molecule has 3 rings (SSSR count). The molecule has 1 heterocycles. The first kappa shape index (κ1) is 14.1. The molecule has 108 valence electrons. The molecule has 2 N–H and O–H groups in total. The van der Waals surface area contributed by atoms with Crippen LogP contribution in [-0.4, -0.2) is 14.3 Å². The van der Waals surface area contributed by atoms with Gasteiger partial charge in [0.25, 0.3) is 15.9 Å². The van der Waals surface area contributed by atoms with E-state index in [4.69, 9.17) is 0 Å². The Morgan fingerprint density at radius 3 is 2.62 bits per heavy atom. The van der Waals surface area contributed by atoms with Gasteiger partial charge in [0.15, 0.2) is 0 Å². The van der Waals surface area contributed by atoms with Crippen LogP contribution in [0, 0.1) is 0 Å². The predicted octanol–water partition coefficient (Wildman–Crippen LogP) is 2.49. The summed E-state index contributed by atoms with van der Waals surface area (Å²) in [5, 5.41) is 2.68. The molecule has 5 nitrogen and oxygen atoms in total. The number of amides is 1. The van der Waals surface area contributed by atoms with Crippen molar-refractivity contribution in [2.24, 2.45) is 0 Å². The van der Waals surface area contributed by atoms with Gasteiger partial charge in [0.2, 0.25) is 0 Å². The Bertz CT molecular complexity index is 834. The zero-order valence-corrected chi connectivity index (χ0v) is 13.2. The van der Waals surface area contributed by atoms with E-state index in [0.29, 0.717) is 22.3 Å². The molecule has 1 aliphatic rings. The molecule has 2 aromatic rings. The SMILES string of the molecule is O=C1NCc2cccc(NS(=O)(=O)c3ccccc3Br)c21. The fourth-order valence-electron chi connectivity index (χ4n) is 2.23. The van der Waals surface area contributed by atoms with E-state index in [1.165, 1.54) is 6.07 Å². The van der Waals surface area contributed by atoms with E-state index < -0.39 is 10.0 Å². The molecule has 1 aliphatic heterocycles. The van der Waals surface area contributed by atoms with Crippen LogP contribution in [0.5, 0.6) is 0 Å². The second-order valence-corrected chi connectivity index (χ2v) is 7.06. The van der Waals surface area contributed by atoms with Gasteiger partial charge >= 0.3 is 0 Å². The van der Waals surface area contributed by atoms with E-state index >= 15 is 0 Å². The third kappa shape index (κ3) is 2.54. The van der Waals surface area contributed by atoms with Gasteiger partial charge in [0.1, 0.15) is 4.90 Å². The van der Waals surface area contributed by atoms with E-state index in [1.807, 2.05) is 0 Å². The summed E-state index contributed by atoms with van der Waals surface area (Å²) in [4.78, 5) is 11.9. The highest BCUT2D eigenvalue weighted by atomic mass is 79.9. The van der Waals surface area contributed by atoms with Gasteiger partial charge < -0.3 is 5.32 Å². The lowest BCUT2D eigenvalue weighted by Gasteiger charge is -2.11. The van der Waals surface area contributed by atoms with Crippen LogP contribution in [0.2, 0.25) is 0 Å². The van der Waals surface area contributed by atoms with E-state index in [1.54, 1.807) is 36.4 Å². The van der Waals surface area contributed by atoms with Gasteiger partial charge in [-0.15, -0.1) is 0 Å². The fourth-order valence-corrected chi connectivity index (χ4v) is 4.30. The minimum Gasteiger partial charge on any atom is -0.348 e. The van der Waals surface area contributed by atoms with Crippen LogP contribution in [0.1, 0.15) is 15.9 Å². The monoisotopic (exact) mass is 366 g/mol. The van der Waals surface area contributed by atoms with Crippen LogP contribution < -0.4 is 10.0 Å². The van der Waals surface area contributed by atoms with Crippen molar-refractivity contribution in [1.82, 2.24) is 5.32 Å². The quantitative estimate of drug-likeness (QED) is 0.875. The van der Waals surface area contributed by atoms with Crippen molar-refractivity contribution in [3.05, 3.63) is 58.1 Å². The molecule has 0 atom stereocenters. The summed E-state index contributed by atoms with van der Waals surface area (Å²) in [6, 6.07) is 11.6. The van der Waals surface area contributed by atoms with Gasteiger partial charge in [-0.1, -0.05) is 24.3 Å². The average Bonchev–Trinajstić information content (AvgIpc) is 2.81. The van der Waals surface area contributed by atoms with Crippen LogP contribution >= 0.6 is 15.9 Å². The second-order valence-electron chi connectivity index (χ2n) is 4.56. The van der Waals surface area contributed by atoms with Crippen molar-refractivity contribution in [2.75, 3.05) is 4.72 Å². The summed E-state index contributed by atoms with van der Waals surface area (Å²) >= 11 is 3.22. The molecule has 0 bridgehead atoms. The largest absolute Gasteiger partial charge is 0.348 e. The normalized spacial score (nSPS) is 13.7. The molecule has 0 saturated carbocycles. The number of benzene rings is 2. The van der Waals surface area contributed by atoms with Gasteiger partial charge in [-0.2, -0.15) is 0 Å². The van der Waals surface area contributed by atoms with Crippen molar-refractivity contribution in [3.8, 4) is 0 Å². The number of carbonyl (C=O) groups excluding carboxylic acids is 1. The van der Waals surface area contributed by atoms with Gasteiger partial charge in [-0.3, -0.25) is 9.52 Å². The van der Waals surface area contributed by atoms with Crippen molar-refractivity contribution < 1.29 is 13.2 Å². The van der Waals surface area contributed by atoms with Crippen LogP contribution in [0.4, 0.5) is 5.69 Å². The first-order valence-corrected chi connectivity index (χ1v) is 8.44. The lowest BCUT2D eigenvalue weighted by molar-refractivity contribution is 0.0966. The zero-order valence-electron chi connectivity index (χ0n) is 10.8. The maximum atomic E-state index is 12.5. The summed E-state index contributed by atoms with van der Waals surface area (Å²) in [6.07, 6.45) is 0. The molecule has 0 fully saturated rings. The molecule has 0 unspecified atom stereocenters. The molecule has 21 heavy (non-hydrogen) atoms. The molecule has 0 aliphatic carbocycles. The number of rotatable bonds is 3. The number of fused-ring (bicyclic) bond motifs is 1. The smallest absolute Gasteiger partial charge is 0.263 e. The molecule has 2 aromatic carbocycles. The number of hydrogen-bond acceptors (Lipinski definition) is 3. The highest BCUT2D eigenvalue weighted by Crippen LogP contribution is 2.28. The van der Waals surface area contributed by atoms with Crippen LogP contribution in [0.15, 0.2) is 51.8 Å². The Labute approximate surface area is 130 Å². The number of anilines is 1. The molecule has 0 radical (unpaired) electrons. The van der Waals surface area contributed by atoms with Gasteiger partial charge in [0.05, 0.1) is 11.3 Å². The van der Waals surface area contributed by atoms with Crippen molar-refractivity contribution in [2.45, 2.75) is 11.4 Å². The van der Waals surface area contributed by atoms with Crippen LogP contribution in [-0.2, 0) is 16.6 Å². The van der Waals surface area contributed by atoms with E-state index in [2.05, 4.69) is 26.0 Å². The summed E-state index contributed by atoms with van der Waals surface area (Å²) in [6.45, 7) is 0.415. The van der Waals surface area contributed by atoms with Crippen LogP contribution in [0.3, 0.4) is 0 Å². The fraction of sp³-hybridized carbons (Fsp3) is 0.0714. The van der Waals surface area contributed by atoms with E-state index in [0.717, 1.165) is 5.56 Å². The lowest BCUT2D eigenvalue weighted by Crippen LogP contribution is -2.18. The zero-order chi connectivity index (χ0) is 15.0. The Kier molecular flexibility index (Phi) is 3.46. The first-order chi connectivity index (χ1) is 9.99. The summed E-state index contributed by atoms with van der Waals surface area (Å²) < 4.78 is 27.9. The first-order valence-electron chi connectivity index (χ1n) is 6.16. The minimum absolute atomic E-state index is 0.126.